The number of carbonyl (C=O) groups is 1. The van der Waals surface area contributed by atoms with Crippen LogP contribution < -0.4 is 4.90 Å². The average Bonchev–Trinajstić information content (AvgIpc) is 3.07. The Labute approximate surface area is 143 Å². The monoisotopic (exact) mass is 349 g/mol. The van der Waals surface area contributed by atoms with E-state index in [0.717, 1.165) is 24.5 Å². The molecule has 0 bridgehead atoms. The van der Waals surface area contributed by atoms with Crippen molar-refractivity contribution in [2.75, 3.05) is 18.0 Å². The highest BCUT2D eigenvalue weighted by Gasteiger charge is 2.15. The molecule has 1 N–H and O–H groups in total. The molecule has 0 radical (unpaired) electrons. The van der Waals surface area contributed by atoms with Gasteiger partial charge in [-0.25, -0.2) is 14.8 Å². The molecule has 1 saturated heterocycles. The first kappa shape index (κ1) is 16.1. The number of halogens is 1. The van der Waals surface area contributed by atoms with E-state index in [1.54, 1.807) is 18.2 Å². The van der Waals surface area contributed by atoms with Crippen molar-refractivity contribution in [2.24, 2.45) is 0 Å². The van der Waals surface area contributed by atoms with Crippen molar-refractivity contribution < 1.29 is 9.90 Å². The molecule has 1 aromatic heterocycles. The normalized spacial score (nSPS) is 14.2. The molecule has 0 amide bonds. The van der Waals surface area contributed by atoms with E-state index in [1.807, 2.05) is 12.1 Å². The lowest BCUT2D eigenvalue weighted by molar-refractivity contribution is 0.0697. The minimum absolute atomic E-state index is 0.286. The summed E-state index contributed by atoms with van der Waals surface area (Å²) in [6, 6.07) is 8.63. The quantitative estimate of drug-likeness (QED) is 0.504. The molecule has 23 heavy (non-hydrogen) atoms. The Bertz CT molecular complexity index is 703. The van der Waals surface area contributed by atoms with Gasteiger partial charge in [0.1, 0.15) is 11.0 Å². The van der Waals surface area contributed by atoms with Gasteiger partial charge in [-0.1, -0.05) is 35.5 Å². The van der Waals surface area contributed by atoms with Gasteiger partial charge >= 0.3 is 5.97 Å². The highest BCUT2D eigenvalue weighted by molar-refractivity contribution is 7.98. The molecule has 120 valence electrons. The van der Waals surface area contributed by atoms with E-state index in [-0.39, 0.29) is 5.56 Å². The fourth-order valence-electron chi connectivity index (χ4n) is 2.45. The molecular formula is C16H16ClN3O2S. The number of hydrogen-bond acceptors (Lipinski definition) is 5. The zero-order chi connectivity index (χ0) is 16.2. The van der Waals surface area contributed by atoms with Crippen LogP contribution in [0, 0.1) is 0 Å². The maximum absolute atomic E-state index is 10.8. The van der Waals surface area contributed by atoms with E-state index < -0.39 is 5.97 Å². The standard InChI is InChI=1S/C16H16ClN3O2S/c17-13-9-14(20-7-1-2-8-20)19-16(18-13)23-10-11-3-5-12(6-4-11)15(21)22/h3-6,9H,1-2,7-8,10H2,(H,21,22). The van der Waals surface area contributed by atoms with Crippen LogP contribution in [-0.4, -0.2) is 34.1 Å². The molecule has 2 aromatic rings. The SMILES string of the molecule is O=C(O)c1ccc(CSc2nc(Cl)cc(N3CCCC3)n2)cc1. The fraction of sp³-hybridized carbons (Fsp3) is 0.312. The van der Waals surface area contributed by atoms with Gasteiger partial charge in [-0.15, -0.1) is 0 Å². The minimum atomic E-state index is -0.919. The largest absolute Gasteiger partial charge is 0.478 e. The molecule has 0 aliphatic carbocycles. The maximum atomic E-state index is 10.8. The topological polar surface area (TPSA) is 66.3 Å². The van der Waals surface area contributed by atoms with Crippen molar-refractivity contribution in [3.63, 3.8) is 0 Å². The number of rotatable bonds is 5. The third kappa shape index (κ3) is 4.14. The highest BCUT2D eigenvalue weighted by Crippen LogP contribution is 2.26. The summed E-state index contributed by atoms with van der Waals surface area (Å²) >= 11 is 7.60. The molecule has 3 rings (SSSR count). The maximum Gasteiger partial charge on any atom is 0.335 e. The zero-order valence-electron chi connectivity index (χ0n) is 12.4. The van der Waals surface area contributed by atoms with E-state index in [9.17, 15) is 4.79 Å². The van der Waals surface area contributed by atoms with Crippen molar-refractivity contribution in [1.82, 2.24) is 9.97 Å². The van der Waals surface area contributed by atoms with Crippen molar-refractivity contribution in [3.05, 3.63) is 46.6 Å². The lowest BCUT2D eigenvalue weighted by Gasteiger charge is -2.16. The highest BCUT2D eigenvalue weighted by atomic mass is 35.5. The van der Waals surface area contributed by atoms with Gasteiger partial charge in [-0.3, -0.25) is 0 Å². The van der Waals surface area contributed by atoms with Crippen LogP contribution in [-0.2, 0) is 5.75 Å². The summed E-state index contributed by atoms with van der Waals surface area (Å²) in [7, 11) is 0. The third-order valence-corrected chi connectivity index (χ3v) is 4.77. The number of nitrogens with zero attached hydrogens (tertiary/aromatic N) is 3. The van der Waals surface area contributed by atoms with E-state index in [0.29, 0.717) is 16.1 Å². The molecule has 0 atom stereocenters. The first-order valence-corrected chi connectivity index (χ1v) is 8.73. The molecule has 7 heteroatoms. The summed E-state index contributed by atoms with van der Waals surface area (Å²) in [5.74, 6) is 0.628. The van der Waals surface area contributed by atoms with Crippen molar-refractivity contribution in [2.45, 2.75) is 23.8 Å². The van der Waals surface area contributed by atoms with Crippen LogP contribution in [0.15, 0.2) is 35.5 Å². The van der Waals surface area contributed by atoms with Crippen LogP contribution >= 0.6 is 23.4 Å². The molecule has 0 saturated carbocycles. The Balaban J connectivity index is 1.68. The summed E-state index contributed by atoms with van der Waals surface area (Å²) in [5.41, 5.74) is 1.31. The molecule has 1 aliphatic heterocycles. The zero-order valence-corrected chi connectivity index (χ0v) is 14.0. The Hall–Kier alpha value is -1.79. The van der Waals surface area contributed by atoms with Crippen LogP contribution in [0.2, 0.25) is 5.15 Å². The number of carboxylic acids is 1. The Morgan fingerprint density at radius 2 is 1.91 bits per heavy atom. The van der Waals surface area contributed by atoms with Crippen LogP contribution in [0.25, 0.3) is 0 Å². The molecule has 1 aliphatic rings. The molecule has 0 spiro atoms. The van der Waals surface area contributed by atoms with E-state index in [1.165, 1.54) is 24.6 Å². The van der Waals surface area contributed by atoms with Crippen LogP contribution in [0.1, 0.15) is 28.8 Å². The molecule has 0 unspecified atom stereocenters. The summed E-state index contributed by atoms with van der Waals surface area (Å²) in [4.78, 5) is 21.9. The summed E-state index contributed by atoms with van der Waals surface area (Å²) in [6.45, 7) is 2.02. The molecule has 1 fully saturated rings. The van der Waals surface area contributed by atoms with Crippen molar-refractivity contribution in [3.8, 4) is 0 Å². The van der Waals surface area contributed by atoms with Gasteiger partial charge in [0.2, 0.25) is 0 Å². The molecule has 1 aromatic carbocycles. The number of benzene rings is 1. The average molecular weight is 350 g/mol. The Morgan fingerprint density at radius 3 is 2.57 bits per heavy atom. The first-order valence-electron chi connectivity index (χ1n) is 7.36. The number of thioether (sulfide) groups is 1. The van der Waals surface area contributed by atoms with Gasteiger partial charge in [-0.05, 0) is 30.5 Å². The first-order chi connectivity index (χ1) is 11.1. The predicted octanol–water partition coefficient (Wildman–Crippen LogP) is 3.72. The fourth-order valence-corrected chi connectivity index (χ4v) is 3.49. The third-order valence-electron chi connectivity index (χ3n) is 3.66. The predicted molar refractivity (Wildman–Crippen MR) is 91.5 cm³/mol. The van der Waals surface area contributed by atoms with Crippen molar-refractivity contribution in [1.29, 1.82) is 0 Å². The van der Waals surface area contributed by atoms with Gasteiger partial charge in [0.25, 0.3) is 0 Å². The molecular weight excluding hydrogens is 334 g/mol. The minimum Gasteiger partial charge on any atom is -0.478 e. The number of carboxylic acid groups (broad SMARTS) is 1. The smallest absolute Gasteiger partial charge is 0.335 e. The summed E-state index contributed by atoms with van der Waals surface area (Å²) < 4.78 is 0. The second kappa shape index (κ2) is 7.19. The summed E-state index contributed by atoms with van der Waals surface area (Å²) in [6.07, 6.45) is 2.36. The van der Waals surface area contributed by atoms with Crippen molar-refractivity contribution >= 4 is 35.1 Å². The second-order valence-corrected chi connectivity index (χ2v) is 6.65. The number of anilines is 1. The summed E-state index contributed by atoms with van der Waals surface area (Å²) in [5, 5.41) is 9.99. The molecule has 2 heterocycles. The number of hydrogen-bond donors (Lipinski definition) is 1. The van der Waals surface area contributed by atoms with Gasteiger partial charge < -0.3 is 10.0 Å². The molecule has 5 nitrogen and oxygen atoms in total. The second-order valence-electron chi connectivity index (χ2n) is 5.32. The van der Waals surface area contributed by atoms with Crippen LogP contribution in [0.3, 0.4) is 0 Å². The lowest BCUT2D eigenvalue weighted by atomic mass is 10.1. The van der Waals surface area contributed by atoms with Gasteiger partial charge in [0, 0.05) is 24.9 Å². The van der Waals surface area contributed by atoms with Gasteiger partial charge in [0.15, 0.2) is 5.16 Å². The lowest BCUT2D eigenvalue weighted by Crippen LogP contribution is -2.19. The number of aromatic carboxylic acids is 1. The van der Waals surface area contributed by atoms with Gasteiger partial charge in [-0.2, -0.15) is 0 Å². The van der Waals surface area contributed by atoms with Gasteiger partial charge in [0.05, 0.1) is 5.56 Å². The Morgan fingerprint density at radius 1 is 1.22 bits per heavy atom. The van der Waals surface area contributed by atoms with E-state index >= 15 is 0 Å². The Kier molecular flexibility index (Phi) is 5.03. The van der Waals surface area contributed by atoms with Crippen LogP contribution in [0.5, 0.6) is 0 Å². The van der Waals surface area contributed by atoms with E-state index in [2.05, 4.69) is 14.9 Å². The number of aromatic nitrogens is 2. The van der Waals surface area contributed by atoms with E-state index in [4.69, 9.17) is 16.7 Å². The van der Waals surface area contributed by atoms with Crippen LogP contribution in [0.4, 0.5) is 5.82 Å².